The first-order valence-corrected chi connectivity index (χ1v) is 8.67. The van der Waals surface area contributed by atoms with Crippen LogP contribution in [0, 0.1) is 6.92 Å². The van der Waals surface area contributed by atoms with Gasteiger partial charge in [-0.2, -0.15) is 0 Å². The summed E-state index contributed by atoms with van der Waals surface area (Å²) in [6, 6.07) is 13.8. The van der Waals surface area contributed by atoms with Crippen molar-refractivity contribution in [1.29, 1.82) is 0 Å². The van der Waals surface area contributed by atoms with Crippen molar-refractivity contribution in [3.05, 3.63) is 53.7 Å². The number of benzene rings is 2. The van der Waals surface area contributed by atoms with E-state index in [1.165, 1.54) is 0 Å². The Morgan fingerprint density at radius 2 is 1.67 bits per heavy atom. The predicted molar refractivity (Wildman–Crippen MR) is 105 cm³/mol. The van der Waals surface area contributed by atoms with E-state index in [9.17, 15) is 4.79 Å². The molecule has 0 spiro atoms. The lowest BCUT2D eigenvalue weighted by atomic mass is 10.1. The summed E-state index contributed by atoms with van der Waals surface area (Å²) in [7, 11) is 4.70. The van der Waals surface area contributed by atoms with Crippen molar-refractivity contribution in [3.63, 3.8) is 0 Å². The number of aromatic nitrogens is 1. The molecular weight excluding hydrogens is 344 g/mol. The second-order valence-corrected chi connectivity index (χ2v) is 6.24. The zero-order chi connectivity index (χ0) is 19.4. The van der Waals surface area contributed by atoms with Gasteiger partial charge < -0.3 is 24.1 Å². The lowest BCUT2D eigenvalue weighted by Gasteiger charge is -2.15. The van der Waals surface area contributed by atoms with Crippen molar-refractivity contribution in [3.8, 4) is 17.2 Å². The quantitative estimate of drug-likeness (QED) is 0.695. The van der Waals surface area contributed by atoms with Gasteiger partial charge in [0, 0.05) is 17.8 Å². The molecule has 3 rings (SSSR count). The van der Waals surface area contributed by atoms with Gasteiger partial charge in [-0.15, -0.1) is 0 Å². The summed E-state index contributed by atoms with van der Waals surface area (Å²) in [5, 5.41) is 4.09. The fourth-order valence-electron chi connectivity index (χ4n) is 3.20. The zero-order valence-corrected chi connectivity index (χ0v) is 16.0. The molecule has 6 heteroatoms. The van der Waals surface area contributed by atoms with E-state index in [0.717, 1.165) is 22.2 Å². The average molecular weight is 368 g/mol. The molecule has 1 N–H and O–H groups in total. The van der Waals surface area contributed by atoms with E-state index in [2.05, 4.69) is 11.4 Å². The van der Waals surface area contributed by atoms with Crippen molar-refractivity contribution in [1.82, 2.24) is 9.88 Å². The molecule has 1 aromatic heterocycles. The van der Waals surface area contributed by atoms with E-state index < -0.39 is 0 Å². The van der Waals surface area contributed by atoms with Gasteiger partial charge in [-0.05, 0) is 42.1 Å². The summed E-state index contributed by atoms with van der Waals surface area (Å²) in [6.45, 7) is 2.64. The number of carbonyl (C=O) groups excluding carboxylic acids is 1. The second kappa shape index (κ2) is 8.03. The van der Waals surface area contributed by atoms with Gasteiger partial charge in [-0.25, -0.2) is 0 Å². The zero-order valence-electron chi connectivity index (χ0n) is 16.0. The molecule has 0 aliphatic heterocycles. The van der Waals surface area contributed by atoms with E-state index in [1.807, 2.05) is 47.9 Å². The molecule has 1 heterocycles. The van der Waals surface area contributed by atoms with E-state index in [0.29, 0.717) is 23.8 Å². The third-order valence-corrected chi connectivity index (χ3v) is 4.53. The van der Waals surface area contributed by atoms with Crippen LogP contribution in [0.1, 0.15) is 11.3 Å². The lowest BCUT2D eigenvalue weighted by molar-refractivity contribution is -0.121. The number of hydrogen-bond donors (Lipinski definition) is 1. The van der Waals surface area contributed by atoms with Crippen LogP contribution < -0.4 is 19.5 Å². The molecule has 27 heavy (non-hydrogen) atoms. The molecule has 0 aliphatic rings. The molecule has 6 nitrogen and oxygen atoms in total. The highest BCUT2D eigenvalue weighted by atomic mass is 16.5. The molecule has 0 aliphatic carbocycles. The van der Waals surface area contributed by atoms with Crippen molar-refractivity contribution >= 4 is 16.8 Å². The average Bonchev–Trinajstić information content (AvgIpc) is 3.00. The molecule has 0 unspecified atom stereocenters. The van der Waals surface area contributed by atoms with Gasteiger partial charge in [0.1, 0.15) is 6.54 Å². The number of nitrogens with one attached hydrogen (secondary N) is 1. The second-order valence-electron chi connectivity index (χ2n) is 6.24. The Kier molecular flexibility index (Phi) is 5.54. The van der Waals surface area contributed by atoms with Gasteiger partial charge >= 0.3 is 0 Å². The fraction of sp³-hybridized carbons (Fsp3) is 0.286. The molecular formula is C21H24N2O4. The maximum atomic E-state index is 12.5. The van der Waals surface area contributed by atoms with Crippen LogP contribution >= 0.6 is 0 Å². The number of aryl methyl sites for hydroxylation is 1. The van der Waals surface area contributed by atoms with Crippen LogP contribution in [0.4, 0.5) is 0 Å². The third-order valence-electron chi connectivity index (χ3n) is 4.53. The Bertz CT molecular complexity index is 937. The van der Waals surface area contributed by atoms with Crippen LogP contribution in [0.5, 0.6) is 17.2 Å². The van der Waals surface area contributed by atoms with Gasteiger partial charge in [-0.3, -0.25) is 4.79 Å². The van der Waals surface area contributed by atoms with Crippen LogP contribution in [0.15, 0.2) is 42.5 Å². The molecule has 2 aromatic carbocycles. The van der Waals surface area contributed by atoms with Crippen LogP contribution in [0.2, 0.25) is 0 Å². The van der Waals surface area contributed by atoms with Crippen LogP contribution in [-0.2, 0) is 17.9 Å². The Balaban J connectivity index is 1.73. The molecule has 3 aromatic rings. The number of fused-ring (bicyclic) bond motifs is 1. The number of methoxy groups -OCH3 is 3. The summed E-state index contributed by atoms with van der Waals surface area (Å²) < 4.78 is 18.0. The molecule has 0 bridgehead atoms. The SMILES string of the molecule is COc1cc(CNC(=O)Cn2c(C)cc3ccccc32)cc(OC)c1OC. The minimum Gasteiger partial charge on any atom is -0.493 e. The standard InChI is InChI=1S/C21H24N2O4/c1-14-9-16-7-5-6-8-17(16)23(14)13-20(24)22-12-15-10-18(25-2)21(27-4)19(11-15)26-3/h5-11H,12-13H2,1-4H3,(H,22,24). The fourth-order valence-corrected chi connectivity index (χ4v) is 3.20. The smallest absolute Gasteiger partial charge is 0.240 e. The largest absolute Gasteiger partial charge is 0.493 e. The Morgan fingerprint density at radius 3 is 2.30 bits per heavy atom. The van der Waals surface area contributed by atoms with Crippen molar-refractivity contribution in [2.24, 2.45) is 0 Å². The van der Waals surface area contributed by atoms with Crippen molar-refractivity contribution < 1.29 is 19.0 Å². The summed E-state index contributed by atoms with van der Waals surface area (Å²) in [5.41, 5.74) is 2.98. The summed E-state index contributed by atoms with van der Waals surface area (Å²) >= 11 is 0. The maximum Gasteiger partial charge on any atom is 0.240 e. The number of para-hydroxylation sites is 1. The maximum absolute atomic E-state index is 12.5. The van der Waals surface area contributed by atoms with Gasteiger partial charge in [0.25, 0.3) is 0 Å². The highest BCUT2D eigenvalue weighted by Gasteiger charge is 2.14. The van der Waals surface area contributed by atoms with Crippen LogP contribution in [0.3, 0.4) is 0 Å². The van der Waals surface area contributed by atoms with E-state index in [-0.39, 0.29) is 12.5 Å². The van der Waals surface area contributed by atoms with Gasteiger partial charge in [0.15, 0.2) is 11.5 Å². The third kappa shape index (κ3) is 3.84. The Labute approximate surface area is 158 Å². The highest BCUT2D eigenvalue weighted by Crippen LogP contribution is 2.38. The number of rotatable bonds is 7. The molecule has 0 radical (unpaired) electrons. The van der Waals surface area contributed by atoms with E-state index >= 15 is 0 Å². The number of amides is 1. The summed E-state index contributed by atoms with van der Waals surface area (Å²) in [6.07, 6.45) is 0. The lowest BCUT2D eigenvalue weighted by Crippen LogP contribution is -2.27. The van der Waals surface area contributed by atoms with E-state index in [4.69, 9.17) is 14.2 Å². The Morgan fingerprint density at radius 1 is 1.00 bits per heavy atom. The minimum atomic E-state index is -0.0618. The Hall–Kier alpha value is -3.15. The van der Waals surface area contributed by atoms with Gasteiger partial charge in [0.05, 0.1) is 21.3 Å². The number of ether oxygens (including phenoxy) is 3. The monoisotopic (exact) mass is 368 g/mol. The number of nitrogens with zero attached hydrogens (tertiary/aromatic N) is 1. The molecule has 1 amide bonds. The molecule has 0 saturated heterocycles. The number of carbonyl (C=O) groups is 1. The van der Waals surface area contributed by atoms with Crippen molar-refractivity contribution in [2.75, 3.05) is 21.3 Å². The first-order valence-electron chi connectivity index (χ1n) is 8.67. The molecule has 0 saturated carbocycles. The molecule has 142 valence electrons. The topological polar surface area (TPSA) is 61.7 Å². The summed E-state index contributed by atoms with van der Waals surface area (Å²) in [5.74, 6) is 1.60. The first kappa shape index (κ1) is 18.6. The van der Waals surface area contributed by atoms with Crippen molar-refractivity contribution in [2.45, 2.75) is 20.0 Å². The molecule has 0 fully saturated rings. The molecule has 0 atom stereocenters. The predicted octanol–water partition coefficient (Wildman–Crippen LogP) is 3.29. The summed E-state index contributed by atoms with van der Waals surface area (Å²) in [4.78, 5) is 12.5. The van der Waals surface area contributed by atoms with Gasteiger partial charge in [0.2, 0.25) is 11.7 Å². The van der Waals surface area contributed by atoms with E-state index in [1.54, 1.807) is 21.3 Å². The van der Waals surface area contributed by atoms with Crippen LogP contribution in [-0.4, -0.2) is 31.8 Å². The first-order chi connectivity index (χ1) is 13.1. The minimum absolute atomic E-state index is 0.0618. The normalized spacial score (nSPS) is 10.7. The highest BCUT2D eigenvalue weighted by molar-refractivity contribution is 5.84. The van der Waals surface area contributed by atoms with Crippen LogP contribution in [0.25, 0.3) is 10.9 Å². The number of hydrogen-bond acceptors (Lipinski definition) is 4. The van der Waals surface area contributed by atoms with Gasteiger partial charge in [-0.1, -0.05) is 18.2 Å².